The van der Waals surface area contributed by atoms with Crippen molar-refractivity contribution in [2.24, 2.45) is 5.10 Å². The van der Waals surface area contributed by atoms with Crippen molar-refractivity contribution in [2.45, 2.75) is 0 Å². The van der Waals surface area contributed by atoms with Gasteiger partial charge in [-0.2, -0.15) is 15.6 Å². The van der Waals surface area contributed by atoms with Crippen molar-refractivity contribution in [3.05, 3.63) is 28.6 Å². The Morgan fingerprint density at radius 2 is 2.06 bits per heavy atom. The third kappa shape index (κ3) is 1.98. The lowest BCUT2D eigenvalue weighted by Gasteiger charge is -1.98. The molecule has 2 aromatic rings. The molecule has 0 unspecified atom stereocenters. The molecule has 7 heteroatoms. The smallest absolute Gasteiger partial charge is 0.271 e. The van der Waals surface area contributed by atoms with Crippen molar-refractivity contribution in [3.63, 3.8) is 0 Å². The van der Waals surface area contributed by atoms with E-state index in [2.05, 4.69) is 20.7 Å². The van der Waals surface area contributed by atoms with Crippen LogP contribution in [0.15, 0.2) is 28.1 Å². The first-order valence-electron chi connectivity index (χ1n) is 4.59. The molecule has 2 rings (SSSR count). The number of fused-ring (bicyclic) bond motifs is 1. The van der Waals surface area contributed by atoms with E-state index in [-0.39, 0.29) is 11.3 Å². The van der Waals surface area contributed by atoms with Crippen LogP contribution in [0.25, 0.3) is 10.9 Å². The maximum Gasteiger partial charge on any atom is 0.271 e. The fourth-order valence-electron chi connectivity index (χ4n) is 1.30. The van der Waals surface area contributed by atoms with Crippen molar-refractivity contribution < 1.29 is 0 Å². The Kier molecular flexibility index (Phi) is 2.59. The summed E-state index contributed by atoms with van der Waals surface area (Å²) in [6.07, 6.45) is 0. The molecule has 0 bridgehead atoms. The Morgan fingerprint density at radius 3 is 2.76 bits per heavy atom. The van der Waals surface area contributed by atoms with Gasteiger partial charge in [0.2, 0.25) is 5.71 Å². The van der Waals surface area contributed by atoms with E-state index in [4.69, 9.17) is 10.5 Å². The molecule has 0 amide bonds. The van der Waals surface area contributed by atoms with E-state index < -0.39 is 0 Å². The molecule has 1 aromatic carbocycles. The van der Waals surface area contributed by atoms with Crippen molar-refractivity contribution >= 4 is 22.3 Å². The molecule has 0 saturated heterocycles. The lowest BCUT2D eigenvalue weighted by molar-refractivity contribution is 1.08. The summed E-state index contributed by atoms with van der Waals surface area (Å²) in [7, 11) is 0. The molecule has 0 aliphatic carbocycles. The molecule has 0 saturated carbocycles. The number of aromatic amines is 2. The number of anilines is 1. The van der Waals surface area contributed by atoms with Crippen LogP contribution in [-0.4, -0.2) is 15.9 Å². The van der Waals surface area contributed by atoms with Gasteiger partial charge in [-0.25, -0.2) is 0 Å². The van der Waals surface area contributed by atoms with Crippen molar-refractivity contribution in [1.82, 2.24) is 10.2 Å². The van der Waals surface area contributed by atoms with E-state index in [1.165, 1.54) is 0 Å². The summed E-state index contributed by atoms with van der Waals surface area (Å²) in [6, 6.07) is 8.16. The van der Waals surface area contributed by atoms with E-state index in [1.807, 2.05) is 0 Å². The summed E-state index contributed by atoms with van der Waals surface area (Å²) >= 11 is 0. The second-order valence-corrected chi connectivity index (χ2v) is 3.14. The molecular weight excluding hydrogens is 220 g/mol. The van der Waals surface area contributed by atoms with Gasteiger partial charge in [-0.3, -0.25) is 20.4 Å². The summed E-state index contributed by atoms with van der Waals surface area (Å²) in [4.78, 5) is 11.3. The molecule has 1 heterocycles. The van der Waals surface area contributed by atoms with Gasteiger partial charge in [0, 0.05) is 0 Å². The molecule has 0 atom stereocenters. The Hall–Kier alpha value is -3.06. The van der Waals surface area contributed by atoms with Gasteiger partial charge >= 0.3 is 0 Å². The van der Waals surface area contributed by atoms with Crippen LogP contribution in [-0.2, 0) is 0 Å². The third-order valence-electron chi connectivity index (χ3n) is 2.08. The topological polar surface area (TPSA) is 121 Å². The fourth-order valence-corrected chi connectivity index (χ4v) is 1.30. The average molecular weight is 226 g/mol. The molecule has 0 spiro atoms. The second-order valence-electron chi connectivity index (χ2n) is 3.14. The standard InChI is InChI=1S/C10H6N6O/c11-4-7(5-12)14-13-6-1-2-9-8(3-6)10(17)16-15-9/h1-3,13H,(H2,15,16,17). The lowest BCUT2D eigenvalue weighted by Crippen LogP contribution is -1.99. The van der Waals surface area contributed by atoms with Gasteiger partial charge in [-0.15, -0.1) is 0 Å². The second kappa shape index (κ2) is 4.21. The predicted octanol–water partition coefficient (Wildman–Crippen LogP) is 0.671. The van der Waals surface area contributed by atoms with Crippen molar-refractivity contribution in [1.29, 1.82) is 10.5 Å². The molecule has 82 valence electrons. The van der Waals surface area contributed by atoms with Crippen LogP contribution in [0.3, 0.4) is 0 Å². The molecule has 0 aliphatic rings. The van der Waals surface area contributed by atoms with Crippen LogP contribution in [0.4, 0.5) is 5.69 Å². The summed E-state index contributed by atoms with van der Waals surface area (Å²) in [5.74, 6) is 0. The van der Waals surface area contributed by atoms with Crippen molar-refractivity contribution in [2.75, 3.05) is 5.43 Å². The highest BCUT2D eigenvalue weighted by Gasteiger charge is 2.01. The molecule has 7 nitrogen and oxygen atoms in total. The normalized spacial score (nSPS) is 9.29. The van der Waals surface area contributed by atoms with Gasteiger partial charge in [0.25, 0.3) is 5.56 Å². The van der Waals surface area contributed by atoms with Gasteiger partial charge in [0.1, 0.15) is 12.1 Å². The zero-order valence-electron chi connectivity index (χ0n) is 8.48. The Balaban J connectivity index is 2.35. The summed E-state index contributed by atoms with van der Waals surface area (Å²) in [6.45, 7) is 0. The minimum Gasteiger partial charge on any atom is -0.298 e. The molecular formula is C10H6N6O. The number of nitriles is 2. The molecule has 0 aliphatic heterocycles. The summed E-state index contributed by atoms with van der Waals surface area (Å²) in [5, 5.41) is 26.2. The maximum atomic E-state index is 11.3. The highest BCUT2D eigenvalue weighted by atomic mass is 16.1. The highest BCUT2D eigenvalue weighted by Crippen LogP contribution is 2.13. The third-order valence-corrected chi connectivity index (χ3v) is 2.08. The first kappa shape index (κ1) is 10.5. The number of hydrogen-bond acceptors (Lipinski definition) is 5. The van der Waals surface area contributed by atoms with Gasteiger partial charge in [-0.1, -0.05) is 0 Å². The Bertz CT molecular complexity index is 708. The molecule has 3 N–H and O–H groups in total. The van der Waals surface area contributed by atoms with E-state index in [1.54, 1.807) is 30.3 Å². The van der Waals surface area contributed by atoms with Crippen LogP contribution in [0.5, 0.6) is 0 Å². The Labute approximate surface area is 95.0 Å². The predicted molar refractivity (Wildman–Crippen MR) is 61.2 cm³/mol. The number of rotatable bonds is 2. The van der Waals surface area contributed by atoms with E-state index >= 15 is 0 Å². The number of hydrogen-bond donors (Lipinski definition) is 3. The van der Waals surface area contributed by atoms with Gasteiger partial charge in [-0.05, 0) is 18.2 Å². The minimum atomic E-state index is -0.284. The summed E-state index contributed by atoms with van der Waals surface area (Å²) in [5.41, 5.74) is 3.20. The largest absolute Gasteiger partial charge is 0.298 e. The maximum absolute atomic E-state index is 11.3. The quantitative estimate of drug-likeness (QED) is 0.514. The minimum absolute atomic E-state index is 0.242. The SMILES string of the molecule is N#CC(C#N)=NNc1ccc2[nH][nH]c(=O)c2c1. The van der Waals surface area contributed by atoms with Crippen molar-refractivity contribution in [3.8, 4) is 12.1 Å². The average Bonchev–Trinajstić information content (AvgIpc) is 2.72. The Morgan fingerprint density at radius 1 is 1.29 bits per heavy atom. The van der Waals surface area contributed by atoms with E-state index in [0.29, 0.717) is 16.6 Å². The monoisotopic (exact) mass is 226 g/mol. The number of aromatic nitrogens is 2. The van der Waals surface area contributed by atoms with Crippen LogP contribution in [0, 0.1) is 22.7 Å². The number of nitrogens with one attached hydrogen (secondary N) is 3. The zero-order valence-corrected chi connectivity index (χ0v) is 8.48. The van der Waals surface area contributed by atoms with Gasteiger partial charge in [0.15, 0.2) is 0 Å². The van der Waals surface area contributed by atoms with E-state index in [0.717, 1.165) is 0 Å². The number of benzene rings is 1. The fraction of sp³-hybridized carbons (Fsp3) is 0. The van der Waals surface area contributed by atoms with E-state index in [9.17, 15) is 4.79 Å². The zero-order chi connectivity index (χ0) is 12.3. The molecule has 0 fully saturated rings. The number of nitrogens with zero attached hydrogens (tertiary/aromatic N) is 3. The first-order valence-corrected chi connectivity index (χ1v) is 4.59. The number of hydrazone groups is 1. The molecule has 1 aromatic heterocycles. The van der Waals surface area contributed by atoms with Crippen LogP contribution >= 0.6 is 0 Å². The molecule has 17 heavy (non-hydrogen) atoms. The van der Waals surface area contributed by atoms with Crippen LogP contribution in [0.2, 0.25) is 0 Å². The molecule has 0 radical (unpaired) electrons. The highest BCUT2D eigenvalue weighted by molar-refractivity contribution is 6.10. The number of H-pyrrole nitrogens is 2. The van der Waals surface area contributed by atoms with Crippen LogP contribution < -0.4 is 11.0 Å². The first-order chi connectivity index (χ1) is 8.24. The lowest BCUT2D eigenvalue weighted by atomic mass is 10.2. The van der Waals surface area contributed by atoms with Gasteiger partial charge < -0.3 is 0 Å². The van der Waals surface area contributed by atoms with Gasteiger partial charge in [0.05, 0.1) is 16.6 Å². The summed E-state index contributed by atoms with van der Waals surface area (Å²) < 4.78 is 0. The van der Waals surface area contributed by atoms with Crippen LogP contribution in [0.1, 0.15) is 0 Å².